The van der Waals surface area contributed by atoms with Crippen molar-refractivity contribution in [2.24, 2.45) is 4.99 Å². The van der Waals surface area contributed by atoms with Crippen LogP contribution in [0.3, 0.4) is 0 Å². The number of aliphatic imine (C=N–C) groups is 1. The van der Waals surface area contributed by atoms with E-state index in [9.17, 15) is 0 Å². The smallest absolute Gasteiger partial charge is 0.165 e. The van der Waals surface area contributed by atoms with Gasteiger partial charge in [0.15, 0.2) is 5.17 Å². The molecular formula is C17H18N2OS. The number of para-hydroxylation sites is 2. The quantitative estimate of drug-likeness (QED) is 0.666. The molecule has 2 aromatic carbocycles. The lowest BCUT2D eigenvalue weighted by Crippen LogP contribution is -2.07. The van der Waals surface area contributed by atoms with Crippen molar-refractivity contribution in [1.82, 2.24) is 0 Å². The van der Waals surface area contributed by atoms with Crippen molar-refractivity contribution in [2.75, 3.05) is 18.7 Å². The Morgan fingerprint density at radius 3 is 2.43 bits per heavy atom. The number of benzene rings is 2. The van der Waals surface area contributed by atoms with E-state index in [1.165, 1.54) is 11.8 Å². The fraction of sp³-hybridized carbons (Fsp3) is 0.118. The van der Waals surface area contributed by atoms with Crippen molar-refractivity contribution >= 4 is 28.3 Å². The minimum absolute atomic E-state index is 0.667. The highest BCUT2D eigenvalue weighted by molar-refractivity contribution is 8.13. The second kappa shape index (κ2) is 7.55. The summed E-state index contributed by atoms with van der Waals surface area (Å²) in [6.07, 6.45) is 1.98. The van der Waals surface area contributed by atoms with E-state index in [2.05, 4.69) is 16.9 Å². The number of amidine groups is 1. The zero-order valence-electron chi connectivity index (χ0n) is 12.2. The Kier molecular flexibility index (Phi) is 5.46. The van der Waals surface area contributed by atoms with Crippen LogP contribution in [0.2, 0.25) is 0 Å². The van der Waals surface area contributed by atoms with Gasteiger partial charge < -0.3 is 10.1 Å². The number of nitrogens with zero attached hydrogens (tertiary/aromatic N) is 1. The average molecular weight is 298 g/mol. The van der Waals surface area contributed by atoms with Crippen molar-refractivity contribution in [2.45, 2.75) is 0 Å². The first-order valence-electron chi connectivity index (χ1n) is 6.51. The lowest BCUT2D eigenvalue weighted by atomic mass is 10.1. The van der Waals surface area contributed by atoms with Gasteiger partial charge in [-0.05, 0) is 30.5 Å². The molecule has 0 saturated carbocycles. The predicted octanol–water partition coefficient (Wildman–Crippen LogP) is 4.50. The Balaban J connectivity index is 2.21. The number of rotatable bonds is 4. The van der Waals surface area contributed by atoms with Crippen molar-refractivity contribution < 1.29 is 4.74 Å². The number of methoxy groups -OCH3 is 1. The number of hydrogen-bond donors (Lipinski definition) is 1. The van der Waals surface area contributed by atoms with Crippen LogP contribution in [-0.2, 0) is 0 Å². The van der Waals surface area contributed by atoms with E-state index in [0.717, 1.165) is 22.2 Å². The molecule has 0 bridgehead atoms. The molecule has 0 aliphatic carbocycles. The molecule has 0 unspecified atom stereocenters. The first-order chi connectivity index (χ1) is 10.2. The molecule has 0 spiro atoms. The minimum atomic E-state index is 0.667. The third-order valence-corrected chi connectivity index (χ3v) is 3.45. The Bertz CT molecular complexity index is 638. The highest BCUT2D eigenvalue weighted by atomic mass is 32.2. The fourth-order valence-electron chi connectivity index (χ4n) is 1.84. The highest BCUT2D eigenvalue weighted by Crippen LogP contribution is 2.26. The predicted molar refractivity (Wildman–Crippen MR) is 93.0 cm³/mol. The number of anilines is 1. The van der Waals surface area contributed by atoms with Crippen molar-refractivity contribution in [3.8, 4) is 5.75 Å². The standard InChI is InChI=1S/C17H18N2OS/c1-13(15-11-7-8-12-16(15)20-2)18-17(21-3)19-14-9-5-4-6-10-14/h4-12H,1H2,2-3H3,(H,18,19). The second-order valence-electron chi connectivity index (χ2n) is 4.26. The van der Waals surface area contributed by atoms with Gasteiger partial charge >= 0.3 is 0 Å². The van der Waals surface area contributed by atoms with Gasteiger partial charge in [-0.15, -0.1) is 0 Å². The van der Waals surface area contributed by atoms with Crippen LogP contribution in [0.1, 0.15) is 5.56 Å². The van der Waals surface area contributed by atoms with Crippen LogP contribution < -0.4 is 10.1 Å². The molecular weight excluding hydrogens is 280 g/mol. The summed E-state index contributed by atoms with van der Waals surface area (Å²) in [6.45, 7) is 4.04. The van der Waals surface area contributed by atoms with Gasteiger partial charge in [0.2, 0.25) is 0 Å². The van der Waals surface area contributed by atoms with Crippen molar-refractivity contribution in [3.63, 3.8) is 0 Å². The lowest BCUT2D eigenvalue weighted by molar-refractivity contribution is 0.413. The normalized spacial score (nSPS) is 11.0. The Hall–Kier alpha value is -2.20. The van der Waals surface area contributed by atoms with Gasteiger partial charge in [0, 0.05) is 11.3 Å². The first kappa shape index (κ1) is 15.2. The molecule has 0 fully saturated rings. The molecule has 1 N–H and O–H groups in total. The summed E-state index contributed by atoms with van der Waals surface area (Å²) in [4.78, 5) is 4.56. The molecule has 2 rings (SSSR count). The summed E-state index contributed by atoms with van der Waals surface area (Å²) in [7, 11) is 1.65. The van der Waals surface area contributed by atoms with Crippen LogP contribution >= 0.6 is 11.8 Å². The molecule has 0 radical (unpaired) electrons. The fourth-order valence-corrected chi connectivity index (χ4v) is 2.26. The molecule has 108 valence electrons. The van der Waals surface area contributed by atoms with E-state index in [4.69, 9.17) is 4.74 Å². The molecule has 0 atom stereocenters. The van der Waals surface area contributed by atoms with Crippen LogP contribution in [0.15, 0.2) is 66.2 Å². The zero-order chi connectivity index (χ0) is 15.1. The van der Waals surface area contributed by atoms with Crippen LogP contribution in [-0.4, -0.2) is 18.5 Å². The summed E-state index contributed by atoms with van der Waals surface area (Å²) in [5, 5.41) is 4.07. The molecule has 0 amide bonds. The maximum Gasteiger partial charge on any atom is 0.165 e. The third-order valence-electron chi connectivity index (χ3n) is 2.87. The third kappa shape index (κ3) is 4.13. The Labute approximate surface area is 129 Å². The summed E-state index contributed by atoms with van der Waals surface area (Å²) in [5.74, 6) is 0.770. The summed E-state index contributed by atoms with van der Waals surface area (Å²) in [5.41, 5.74) is 2.56. The number of hydrogen-bond acceptors (Lipinski definition) is 3. The maximum atomic E-state index is 5.34. The van der Waals surface area contributed by atoms with E-state index < -0.39 is 0 Å². The molecule has 0 saturated heterocycles. The topological polar surface area (TPSA) is 33.6 Å². The van der Waals surface area contributed by atoms with Crippen molar-refractivity contribution in [1.29, 1.82) is 0 Å². The van der Waals surface area contributed by atoms with E-state index in [1.807, 2.05) is 60.9 Å². The van der Waals surface area contributed by atoms with E-state index >= 15 is 0 Å². The average Bonchev–Trinajstić information content (AvgIpc) is 2.55. The summed E-state index contributed by atoms with van der Waals surface area (Å²) in [6, 6.07) is 17.7. The summed E-state index contributed by atoms with van der Waals surface area (Å²) < 4.78 is 5.34. The molecule has 21 heavy (non-hydrogen) atoms. The van der Waals surface area contributed by atoms with Crippen molar-refractivity contribution in [3.05, 3.63) is 66.7 Å². The van der Waals surface area contributed by atoms with Gasteiger partial charge in [0.1, 0.15) is 5.75 Å². The van der Waals surface area contributed by atoms with Crippen LogP contribution in [0.4, 0.5) is 5.69 Å². The van der Waals surface area contributed by atoms with Crippen LogP contribution in [0, 0.1) is 0 Å². The molecule has 0 heterocycles. The van der Waals surface area contributed by atoms with Gasteiger partial charge in [-0.1, -0.05) is 48.7 Å². The van der Waals surface area contributed by atoms with Gasteiger partial charge in [0.05, 0.1) is 12.8 Å². The highest BCUT2D eigenvalue weighted by Gasteiger charge is 2.06. The van der Waals surface area contributed by atoms with Crippen LogP contribution in [0.5, 0.6) is 5.75 Å². The number of ether oxygens (including phenoxy) is 1. The molecule has 0 aliphatic rings. The Morgan fingerprint density at radius 1 is 1.10 bits per heavy atom. The van der Waals surface area contributed by atoms with E-state index in [-0.39, 0.29) is 0 Å². The Morgan fingerprint density at radius 2 is 1.76 bits per heavy atom. The lowest BCUT2D eigenvalue weighted by Gasteiger charge is -2.10. The second-order valence-corrected chi connectivity index (χ2v) is 5.05. The number of thioether (sulfide) groups is 1. The molecule has 2 aromatic rings. The van der Waals surface area contributed by atoms with Crippen LogP contribution in [0.25, 0.3) is 5.70 Å². The molecule has 4 heteroatoms. The van der Waals surface area contributed by atoms with Gasteiger partial charge in [-0.25, -0.2) is 4.99 Å². The SMILES string of the molecule is C=C(N=C(Nc1ccccc1)SC)c1ccccc1OC. The van der Waals surface area contributed by atoms with E-state index in [1.54, 1.807) is 7.11 Å². The monoisotopic (exact) mass is 298 g/mol. The molecule has 3 nitrogen and oxygen atoms in total. The maximum absolute atomic E-state index is 5.34. The minimum Gasteiger partial charge on any atom is -0.496 e. The largest absolute Gasteiger partial charge is 0.496 e. The van der Waals surface area contributed by atoms with Gasteiger partial charge in [-0.2, -0.15) is 0 Å². The summed E-state index contributed by atoms with van der Waals surface area (Å²) >= 11 is 1.54. The number of nitrogens with one attached hydrogen (secondary N) is 1. The van der Waals surface area contributed by atoms with E-state index in [0.29, 0.717) is 5.70 Å². The first-order valence-corrected chi connectivity index (χ1v) is 7.74. The van der Waals surface area contributed by atoms with Gasteiger partial charge in [0.25, 0.3) is 0 Å². The zero-order valence-corrected chi connectivity index (χ0v) is 13.0. The molecule has 0 aliphatic heterocycles. The molecule has 0 aromatic heterocycles. The van der Waals surface area contributed by atoms with Gasteiger partial charge in [-0.3, -0.25) is 0 Å².